The summed E-state index contributed by atoms with van der Waals surface area (Å²) in [5.74, 6) is 0.164. The second-order valence-corrected chi connectivity index (χ2v) is 9.38. The van der Waals surface area contributed by atoms with Gasteiger partial charge in [-0.1, -0.05) is 30.3 Å². The molecule has 2 aromatic rings. The fraction of sp³-hybridized carbons (Fsp3) is 0.409. The number of carbonyl (C=O) groups is 1. The van der Waals surface area contributed by atoms with Crippen molar-refractivity contribution in [2.24, 2.45) is 5.92 Å². The first-order chi connectivity index (χ1) is 13.8. The standard InChI is InChI=1S/C22H28N2O4S/c1-16-13-20(28-3)21(14-17(16)2)29(26,27)24-11-9-19(10-12-24)22(25)23-15-18-7-5-4-6-8-18/h4-8,13-14,19H,9-12,15H2,1-3H3,(H,23,25). The first-order valence-electron chi connectivity index (χ1n) is 9.80. The molecule has 0 atom stereocenters. The molecule has 29 heavy (non-hydrogen) atoms. The van der Waals surface area contributed by atoms with Gasteiger partial charge in [-0.2, -0.15) is 4.31 Å². The molecule has 6 nitrogen and oxygen atoms in total. The van der Waals surface area contributed by atoms with Gasteiger partial charge in [0, 0.05) is 25.6 Å². The molecule has 1 fully saturated rings. The predicted octanol–water partition coefficient (Wildman–Crippen LogP) is 3.03. The number of nitrogens with zero attached hydrogens (tertiary/aromatic N) is 1. The molecular weight excluding hydrogens is 388 g/mol. The van der Waals surface area contributed by atoms with Gasteiger partial charge in [-0.3, -0.25) is 4.79 Å². The number of piperidine rings is 1. The summed E-state index contributed by atoms with van der Waals surface area (Å²) in [7, 11) is -2.19. The molecule has 1 aliphatic rings. The van der Waals surface area contributed by atoms with E-state index in [1.54, 1.807) is 12.1 Å². The number of rotatable bonds is 6. The Morgan fingerprint density at radius 2 is 1.72 bits per heavy atom. The third-order valence-corrected chi connectivity index (χ3v) is 7.45. The van der Waals surface area contributed by atoms with E-state index in [0.29, 0.717) is 38.2 Å². The van der Waals surface area contributed by atoms with Crippen LogP contribution in [0.5, 0.6) is 5.75 Å². The number of hydrogen-bond acceptors (Lipinski definition) is 4. The van der Waals surface area contributed by atoms with Crippen LogP contribution in [-0.4, -0.2) is 38.8 Å². The maximum atomic E-state index is 13.2. The smallest absolute Gasteiger partial charge is 0.246 e. The summed E-state index contributed by atoms with van der Waals surface area (Å²) in [6, 6.07) is 13.2. The van der Waals surface area contributed by atoms with Crippen LogP contribution in [-0.2, 0) is 21.4 Å². The largest absolute Gasteiger partial charge is 0.495 e. The van der Waals surface area contributed by atoms with Crippen LogP contribution >= 0.6 is 0 Å². The van der Waals surface area contributed by atoms with E-state index in [-0.39, 0.29) is 16.7 Å². The highest BCUT2D eigenvalue weighted by molar-refractivity contribution is 7.89. The van der Waals surface area contributed by atoms with Gasteiger partial charge in [-0.25, -0.2) is 8.42 Å². The van der Waals surface area contributed by atoms with E-state index in [1.807, 2.05) is 44.2 Å². The molecule has 3 rings (SSSR count). The molecule has 0 aliphatic carbocycles. The molecule has 156 valence electrons. The summed E-state index contributed by atoms with van der Waals surface area (Å²) in [5.41, 5.74) is 2.93. The van der Waals surface area contributed by atoms with Gasteiger partial charge in [0.05, 0.1) is 7.11 Å². The van der Waals surface area contributed by atoms with Gasteiger partial charge in [0.2, 0.25) is 15.9 Å². The number of methoxy groups -OCH3 is 1. The minimum Gasteiger partial charge on any atom is -0.495 e. The van der Waals surface area contributed by atoms with Gasteiger partial charge in [0.1, 0.15) is 10.6 Å². The first-order valence-corrected chi connectivity index (χ1v) is 11.2. The fourth-order valence-electron chi connectivity index (χ4n) is 3.55. The predicted molar refractivity (Wildman–Crippen MR) is 112 cm³/mol. The number of benzene rings is 2. The summed E-state index contributed by atoms with van der Waals surface area (Å²) in [5, 5.41) is 2.96. The molecule has 2 aromatic carbocycles. The van der Waals surface area contributed by atoms with Gasteiger partial charge < -0.3 is 10.1 Å². The molecule has 0 spiro atoms. The average Bonchev–Trinajstić information content (AvgIpc) is 2.74. The number of nitrogens with one attached hydrogen (secondary N) is 1. The van der Waals surface area contributed by atoms with Crippen molar-refractivity contribution in [2.45, 2.75) is 38.1 Å². The zero-order valence-corrected chi connectivity index (χ0v) is 18.0. The van der Waals surface area contributed by atoms with Crippen LogP contribution in [0.25, 0.3) is 0 Å². The van der Waals surface area contributed by atoms with Crippen LogP contribution in [0.15, 0.2) is 47.4 Å². The Morgan fingerprint density at radius 3 is 2.34 bits per heavy atom. The lowest BCUT2D eigenvalue weighted by atomic mass is 9.97. The molecule has 0 aromatic heterocycles. The van der Waals surface area contributed by atoms with Gasteiger partial charge in [0.25, 0.3) is 0 Å². The highest BCUT2D eigenvalue weighted by Crippen LogP contribution is 2.32. The minimum absolute atomic E-state index is 0.0188. The topological polar surface area (TPSA) is 75.7 Å². The second-order valence-electron chi connectivity index (χ2n) is 7.47. The van der Waals surface area contributed by atoms with Crippen molar-refractivity contribution in [3.8, 4) is 5.75 Å². The SMILES string of the molecule is COc1cc(C)c(C)cc1S(=O)(=O)N1CCC(C(=O)NCc2ccccc2)CC1. The van der Waals surface area contributed by atoms with Gasteiger partial charge in [-0.15, -0.1) is 0 Å². The Morgan fingerprint density at radius 1 is 1.10 bits per heavy atom. The summed E-state index contributed by atoms with van der Waals surface area (Å²) < 4.78 is 33.1. The molecule has 0 bridgehead atoms. The van der Waals surface area contributed by atoms with E-state index >= 15 is 0 Å². The number of sulfonamides is 1. The third kappa shape index (κ3) is 4.79. The maximum Gasteiger partial charge on any atom is 0.246 e. The lowest BCUT2D eigenvalue weighted by Gasteiger charge is -2.31. The van der Waals surface area contributed by atoms with E-state index in [1.165, 1.54) is 11.4 Å². The monoisotopic (exact) mass is 416 g/mol. The van der Waals surface area contributed by atoms with Crippen molar-refractivity contribution in [1.82, 2.24) is 9.62 Å². The normalized spacial score (nSPS) is 15.8. The van der Waals surface area contributed by atoms with Crippen LogP contribution in [0, 0.1) is 19.8 Å². The molecule has 1 aliphatic heterocycles. The summed E-state index contributed by atoms with van der Waals surface area (Å²) in [6.07, 6.45) is 1.01. The Balaban J connectivity index is 1.64. The Bertz CT molecular complexity index is 966. The molecule has 1 N–H and O–H groups in total. The van der Waals surface area contributed by atoms with Crippen molar-refractivity contribution in [3.63, 3.8) is 0 Å². The van der Waals surface area contributed by atoms with Gasteiger partial charge in [-0.05, 0) is 55.5 Å². The number of ether oxygens (including phenoxy) is 1. The third-order valence-electron chi connectivity index (χ3n) is 5.53. The lowest BCUT2D eigenvalue weighted by Crippen LogP contribution is -2.43. The van der Waals surface area contributed by atoms with Gasteiger partial charge in [0.15, 0.2) is 0 Å². The molecule has 7 heteroatoms. The van der Waals surface area contributed by atoms with Crippen molar-refractivity contribution in [3.05, 3.63) is 59.2 Å². The molecule has 1 heterocycles. The van der Waals surface area contributed by atoms with Crippen LogP contribution in [0.3, 0.4) is 0 Å². The maximum absolute atomic E-state index is 13.2. The quantitative estimate of drug-likeness (QED) is 0.785. The fourth-order valence-corrected chi connectivity index (χ4v) is 5.24. The van der Waals surface area contributed by atoms with E-state index < -0.39 is 10.0 Å². The van der Waals surface area contributed by atoms with E-state index in [2.05, 4.69) is 5.32 Å². The zero-order valence-electron chi connectivity index (χ0n) is 17.1. The van der Waals surface area contributed by atoms with Crippen molar-refractivity contribution in [1.29, 1.82) is 0 Å². The lowest BCUT2D eigenvalue weighted by molar-refractivity contribution is -0.126. The number of carbonyl (C=O) groups excluding carboxylic acids is 1. The van der Waals surface area contributed by atoms with Crippen LogP contribution in [0.1, 0.15) is 29.5 Å². The van der Waals surface area contributed by atoms with Crippen LogP contribution < -0.4 is 10.1 Å². The molecule has 1 amide bonds. The summed E-state index contributed by atoms with van der Waals surface area (Å²) in [4.78, 5) is 12.7. The number of aryl methyl sites for hydroxylation is 2. The highest BCUT2D eigenvalue weighted by Gasteiger charge is 2.33. The second kappa shape index (κ2) is 8.97. The number of amides is 1. The number of hydrogen-bond donors (Lipinski definition) is 1. The Kier molecular flexibility index (Phi) is 6.59. The molecule has 0 unspecified atom stereocenters. The summed E-state index contributed by atoms with van der Waals surface area (Å²) in [6.45, 7) is 4.94. The average molecular weight is 417 g/mol. The van der Waals surface area contributed by atoms with E-state index in [9.17, 15) is 13.2 Å². The zero-order chi connectivity index (χ0) is 21.0. The molecule has 0 radical (unpaired) electrons. The van der Waals surface area contributed by atoms with E-state index in [0.717, 1.165) is 16.7 Å². The van der Waals surface area contributed by atoms with Gasteiger partial charge >= 0.3 is 0 Å². The minimum atomic E-state index is -3.67. The van der Waals surface area contributed by atoms with Crippen molar-refractivity contribution < 1.29 is 17.9 Å². The van der Waals surface area contributed by atoms with E-state index in [4.69, 9.17) is 4.74 Å². The van der Waals surface area contributed by atoms with Crippen LogP contribution in [0.2, 0.25) is 0 Å². The molecule has 0 saturated carbocycles. The Labute approximate surface area is 172 Å². The Hall–Kier alpha value is -2.38. The van der Waals surface area contributed by atoms with Crippen molar-refractivity contribution >= 4 is 15.9 Å². The first kappa shape index (κ1) is 21.3. The summed E-state index contributed by atoms with van der Waals surface area (Å²) >= 11 is 0. The van der Waals surface area contributed by atoms with Crippen molar-refractivity contribution in [2.75, 3.05) is 20.2 Å². The molecule has 1 saturated heterocycles. The molecular formula is C22H28N2O4S. The van der Waals surface area contributed by atoms with Crippen LogP contribution in [0.4, 0.5) is 0 Å². The highest BCUT2D eigenvalue weighted by atomic mass is 32.2.